The molecule has 1 amide bonds. The summed E-state index contributed by atoms with van der Waals surface area (Å²) < 4.78 is 0. The smallest absolute Gasteiger partial charge is 0.234 e. The summed E-state index contributed by atoms with van der Waals surface area (Å²) in [6.07, 6.45) is 4.72. The third-order valence-electron chi connectivity index (χ3n) is 2.92. The molecule has 0 radical (unpaired) electrons. The van der Waals surface area contributed by atoms with Crippen LogP contribution in [0.4, 0.5) is 0 Å². The SMILES string of the molecule is CN(C)[C@@H]1CCCC[C@@H]1NC(=O)CN. The summed E-state index contributed by atoms with van der Waals surface area (Å²) in [5.74, 6) is -0.0382. The molecule has 0 unspecified atom stereocenters. The van der Waals surface area contributed by atoms with Gasteiger partial charge in [0.1, 0.15) is 0 Å². The maximum absolute atomic E-state index is 11.2. The van der Waals surface area contributed by atoms with E-state index in [-0.39, 0.29) is 18.5 Å². The van der Waals surface area contributed by atoms with Gasteiger partial charge in [-0.3, -0.25) is 4.79 Å². The summed E-state index contributed by atoms with van der Waals surface area (Å²) in [5, 5.41) is 2.99. The van der Waals surface area contributed by atoms with Gasteiger partial charge >= 0.3 is 0 Å². The maximum Gasteiger partial charge on any atom is 0.234 e. The molecule has 1 aliphatic carbocycles. The molecule has 1 aliphatic rings. The lowest BCUT2D eigenvalue weighted by Gasteiger charge is -2.36. The van der Waals surface area contributed by atoms with Gasteiger partial charge in [-0.2, -0.15) is 0 Å². The molecule has 3 N–H and O–H groups in total. The fraction of sp³-hybridized carbons (Fsp3) is 0.900. The molecule has 0 aromatic carbocycles. The van der Waals surface area contributed by atoms with E-state index in [0.717, 1.165) is 6.42 Å². The number of amides is 1. The van der Waals surface area contributed by atoms with Gasteiger partial charge in [-0.25, -0.2) is 0 Å². The zero-order chi connectivity index (χ0) is 10.6. The predicted molar refractivity (Wildman–Crippen MR) is 56.9 cm³/mol. The molecule has 14 heavy (non-hydrogen) atoms. The van der Waals surface area contributed by atoms with Crippen molar-refractivity contribution in [3.63, 3.8) is 0 Å². The number of rotatable bonds is 3. The molecule has 0 aromatic rings. The van der Waals surface area contributed by atoms with Crippen molar-refractivity contribution in [2.75, 3.05) is 20.6 Å². The number of nitrogens with zero attached hydrogens (tertiary/aromatic N) is 1. The first kappa shape index (κ1) is 11.5. The quantitative estimate of drug-likeness (QED) is 0.669. The Balaban J connectivity index is 2.49. The lowest BCUT2D eigenvalue weighted by molar-refractivity contribution is -0.121. The second-order valence-electron chi connectivity index (χ2n) is 4.19. The molecule has 4 heteroatoms. The van der Waals surface area contributed by atoms with Crippen LogP contribution >= 0.6 is 0 Å². The number of carbonyl (C=O) groups excluding carboxylic acids is 1. The third-order valence-corrected chi connectivity index (χ3v) is 2.92. The molecule has 82 valence electrons. The molecule has 4 nitrogen and oxygen atoms in total. The maximum atomic E-state index is 11.2. The highest BCUT2D eigenvalue weighted by Crippen LogP contribution is 2.21. The highest BCUT2D eigenvalue weighted by Gasteiger charge is 2.27. The third kappa shape index (κ3) is 2.96. The molecule has 0 bridgehead atoms. The number of hydrogen-bond acceptors (Lipinski definition) is 3. The number of carbonyl (C=O) groups is 1. The lowest BCUT2D eigenvalue weighted by Crippen LogP contribution is -2.52. The van der Waals surface area contributed by atoms with Crippen molar-refractivity contribution < 1.29 is 4.79 Å². The zero-order valence-electron chi connectivity index (χ0n) is 9.12. The van der Waals surface area contributed by atoms with Crippen LogP contribution < -0.4 is 11.1 Å². The average Bonchev–Trinajstić information content (AvgIpc) is 2.18. The van der Waals surface area contributed by atoms with Gasteiger partial charge in [0.25, 0.3) is 0 Å². The van der Waals surface area contributed by atoms with Crippen LogP contribution in [0.5, 0.6) is 0 Å². The number of hydrogen-bond donors (Lipinski definition) is 2. The molecule has 0 aliphatic heterocycles. The predicted octanol–water partition coefficient (Wildman–Crippen LogP) is -0.0659. The van der Waals surface area contributed by atoms with E-state index in [4.69, 9.17) is 5.73 Å². The Labute approximate surface area is 85.8 Å². The Kier molecular flexibility index (Phi) is 4.35. The van der Waals surface area contributed by atoms with Gasteiger partial charge in [-0.05, 0) is 26.9 Å². The summed E-state index contributed by atoms with van der Waals surface area (Å²) in [7, 11) is 4.13. The standard InChI is InChI=1S/C10H21N3O/c1-13(2)9-6-4-3-5-8(9)12-10(14)7-11/h8-9H,3-7,11H2,1-2H3,(H,12,14)/t8-,9+/m0/s1. The number of nitrogens with one attached hydrogen (secondary N) is 1. The molecular weight excluding hydrogens is 178 g/mol. The monoisotopic (exact) mass is 199 g/mol. The second-order valence-corrected chi connectivity index (χ2v) is 4.19. The van der Waals surface area contributed by atoms with Crippen LogP contribution in [0.2, 0.25) is 0 Å². The van der Waals surface area contributed by atoms with E-state index in [9.17, 15) is 4.79 Å². The molecule has 1 saturated carbocycles. The minimum atomic E-state index is -0.0382. The molecule has 1 rings (SSSR count). The Morgan fingerprint density at radius 3 is 2.64 bits per heavy atom. The van der Waals surface area contributed by atoms with Gasteiger partial charge in [0.05, 0.1) is 6.54 Å². The first-order valence-corrected chi connectivity index (χ1v) is 5.31. The van der Waals surface area contributed by atoms with Crippen LogP contribution in [0.3, 0.4) is 0 Å². The lowest BCUT2D eigenvalue weighted by atomic mass is 9.89. The van der Waals surface area contributed by atoms with E-state index >= 15 is 0 Å². The van der Waals surface area contributed by atoms with Gasteiger partial charge in [-0.1, -0.05) is 12.8 Å². The van der Waals surface area contributed by atoms with Gasteiger partial charge in [-0.15, -0.1) is 0 Å². The largest absolute Gasteiger partial charge is 0.351 e. The fourth-order valence-electron chi connectivity index (χ4n) is 2.16. The highest BCUT2D eigenvalue weighted by atomic mass is 16.1. The van der Waals surface area contributed by atoms with Crippen LogP contribution in [0.1, 0.15) is 25.7 Å². The highest BCUT2D eigenvalue weighted by molar-refractivity contribution is 5.78. The molecule has 2 atom stereocenters. The van der Waals surface area contributed by atoms with Gasteiger partial charge in [0.2, 0.25) is 5.91 Å². The summed E-state index contributed by atoms with van der Waals surface area (Å²) in [6.45, 7) is 0.0939. The Bertz CT molecular complexity index is 194. The molecule has 0 heterocycles. The Morgan fingerprint density at radius 1 is 1.43 bits per heavy atom. The molecule has 1 fully saturated rings. The van der Waals surface area contributed by atoms with E-state index < -0.39 is 0 Å². The first-order chi connectivity index (χ1) is 6.65. The van der Waals surface area contributed by atoms with E-state index in [1.54, 1.807) is 0 Å². The van der Waals surface area contributed by atoms with Crippen molar-refractivity contribution >= 4 is 5.91 Å². The molecule has 0 saturated heterocycles. The van der Waals surface area contributed by atoms with Crippen LogP contribution in [-0.2, 0) is 4.79 Å². The van der Waals surface area contributed by atoms with E-state index in [1.165, 1.54) is 19.3 Å². The van der Waals surface area contributed by atoms with Gasteiger partial charge in [0, 0.05) is 12.1 Å². The first-order valence-electron chi connectivity index (χ1n) is 5.31. The van der Waals surface area contributed by atoms with Gasteiger partial charge in [0.15, 0.2) is 0 Å². The van der Waals surface area contributed by atoms with E-state index in [2.05, 4.69) is 24.3 Å². The molecule has 0 spiro atoms. The van der Waals surface area contributed by atoms with Crippen LogP contribution in [-0.4, -0.2) is 43.5 Å². The van der Waals surface area contributed by atoms with Crippen LogP contribution in [0.25, 0.3) is 0 Å². The number of nitrogens with two attached hydrogens (primary N) is 1. The van der Waals surface area contributed by atoms with Crippen molar-refractivity contribution in [2.45, 2.75) is 37.8 Å². The van der Waals surface area contributed by atoms with Crippen molar-refractivity contribution in [3.05, 3.63) is 0 Å². The fourth-order valence-corrected chi connectivity index (χ4v) is 2.16. The Hall–Kier alpha value is -0.610. The van der Waals surface area contributed by atoms with E-state index in [1.807, 2.05) is 0 Å². The minimum Gasteiger partial charge on any atom is -0.351 e. The van der Waals surface area contributed by atoms with Crippen molar-refractivity contribution in [2.24, 2.45) is 5.73 Å². The molecular formula is C10H21N3O. The van der Waals surface area contributed by atoms with Crippen LogP contribution in [0.15, 0.2) is 0 Å². The second kappa shape index (κ2) is 5.32. The summed E-state index contributed by atoms with van der Waals surface area (Å²) >= 11 is 0. The van der Waals surface area contributed by atoms with Crippen molar-refractivity contribution in [1.29, 1.82) is 0 Å². The topological polar surface area (TPSA) is 58.4 Å². The Morgan fingerprint density at radius 2 is 2.07 bits per heavy atom. The minimum absolute atomic E-state index is 0.0382. The average molecular weight is 199 g/mol. The summed E-state index contributed by atoms with van der Waals surface area (Å²) in [6, 6.07) is 0.758. The van der Waals surface area contributed by atoms with Gasteiger partial charge < -0.3 is 16.0 Å². The van der Waals surface area contributed by atoms with E-state index in [0.29, 0.717) is 6.04 Å². The van der Waals surface area contributed by atoms with Crippen LogP contribution in [0, 0.1) is 0 Å². The summed E-state index contributed by atoms with van der Waals surface area (Å²) in [4.78, 5) is 13.4. The zero-order valence-corrected chi connectivity index (χ0v) is 9.12. The van der Waals surface area contributed by atoms with Crippen molar-refractivity contribution in [1.82, 2.24) is 10.2 Å². The summed E-state index contributed by atoms with van der Waals surface area (Å²) in [5.41, 5.74) is 5.29. The van der Waals surface area contributed by atoms with Crippen molar-refractivity contribution in [3.8, 4) is 0 Å². The normalized spacial score (nSPS) is 27.7. The molecule has 0 aromatic heterocycles. The number of likely N-dealkylation sites (N-methyl/N-ethyl adjacent to an activating group) is 1.